The summed E-state index contributed by atoms with van der Waals surface area (Å²) in [5.74, 6) is 0. The van der Waals surface area contributed by atoms with Gasteiger partial charge in [0.2, 0.25) is 0 Å². The molecule has 0 radical (unpaired) electrons. The number of hydrogen-bond acceptors (Lipinski definition) is 10. The number of hydrogen-bond donors (Lipinski definition) is 3. The molecule has 0 aliphatic carbocycles. The van der Waals surface area contributed by atoms with Crippen molar-refractivity contribution in [3.63, 3.8) is 0 Å². The first kappa shape index (κ1) is 27.8. The minimum atomic E-state index is -3.93. The van der Waals surface area contributed by atoms with Gasteiger partial charge in [-0.1, -0.05) is 0 Å². The van der Waals surface area contributed by atoms with Crippen LogP contribution in [0.3, 0.4) is 0 Å². The Bertz CT molecular complexity index is 137. The Hall–Kier alpha value is 4.51. The molecule has 15 heavy (non-hydrogen) atoms. The van der Waals surface area contributed by atoms with Gasteiger partial charge in [0, 0.05) is 0 Å². The van der Waals surface area contributed by atoms with Gasteiger partial charge in [-0.3, -0.25) is 0 Å². The first-order chi connectivity index (χ1) is 5.39. The first-order valence-electron chi connectivity index (χ1n) is 2.19. The Morgan fingerprint density at radius 1 is 0.733 bits per heavy atom. The summed E-state index contributed by atoms with van der Waals surface area (Å²) in [5.41, 5.74) is 0. The van der Waals surface area contributed by atoms with Crippen LogP contribution in [0, 0.1) is 0 Å². The van der Waals surface area contributed by atoms with Crippen LogP contribution in [0.25, 0.3) is 0 Å². The molecule has 10 nitrogen and oxygen atoms in total. The van der Waals surface area contributed by atoms with Gasteiger partial charge in [-0.15, -0.1) is 0 Å². The quantitative estimate of drug-likeness (QED) is 0.192. The zero-order valence-corrected chi connectivity index (χ0v) is 17.6. The van der Waals surface area contributed by atoms with Crippen LogP contribution in [0.1, 0.15) is 0 Å². The summed E-state index contributed by atoms with van der Waals surface area (Å²) in [7, 11) is 0. The summed E-state index contributed by atoms with van der Waals surface area (Å²) in [6.07, 6.45) is -7.79. The van der Waals surface area contributed by atoms with Crippen molar-refractivity contribution >= 4 is 0 Å². The predicted molar refractivity (Wildman–Crippen MR) is 16.5 cm³/mol. The van der Waals surface area contributed by atoms with Crippen molar-refractivity contribution in [2.45, 2.75) is 12.3 Å². The fraction of sp³-hybridized carbons (Fsp3) is 1.00. The van der Waals surface area contributed by atoms with E-state index in [2.05, 4.69) is 19.4 Å². The van der Waals surface area contributed by atoms with Crippen molar-refractivity contribution in [2.75, 3.05) is 0 Å². The van der Waals surface area contributed by atoms with E-state index in [4.69, 9.17) is 15.3 Å². The third kappa shape index (κ3) is 13.3. The van der Waals surface area contributed by atoms with Crippen LogP contribution in [0.2, 0.25) is 0 Å². The zero-order valence-electron chi connectivity index (χ0n) is 8.20. The number of aliphatic hydroxyl groups is 3. The van der Waals surface area contributed by atoms with Gasteiger partial charge in [-0.2, -0.15) is 0 Å². The van der Waals surface area contributed by atoms with Crippen molar-refractivity contribution in [2.24, 2.45) is 0 Å². The molecule has 0 aromatic rings. The fourth-order valence-corrected chi connectivity index (χ4v) is 0.233. The normalized spacial score (nSPS) is 10.8. The monoisotopic (exact) mass is 304 g/mol. The van der Waals surface area contributed by atoms with Crippen LogP contribution in [0.15, 0.2) is 0 Å². The molecule has 0 amide bonds. The van der Waals surface area contributed by atoms with E-state index in [-0.39, 0.29) is 154 Å². The SMILES string of the molecule is [K+].[K+].[K+].[O-]OC(O)(O)OC(O)(O[O-])O[O-]. The van der Waals surface area contributed by atoms with Crippen molar-refractivity contribution in [3.05, 3.63) is 0 Å². The van der Waals surface area contributed by atoms with E-state index < -0.39 is 12.3 Å². The minimum absolute atomic E-state index is 0. The van der Waals surface area contributed by atoms with E-state index in [0.29, 0.717) is 0 Å². The molecular formula is C2H3K3O10. The maximum atomic E-state index is 9.40. The largest absolute Gasteiger partial charge is 1.00 e. The summed E-state index contributed by atoms with van der Waals surface area (Å²) in [6.45, 7) is 0. The third-order valence-electron chi connectivity index (χ3n) is 0.581. The van der Waals surface area contributed by atoms with E-state index in [1.54, 1.807) is 0 Å². The van der Waals surface area contributed by atoms with E-state index in [9.17, 15) is 15.8 Å². The molecule has 0 aliphatic rings. The fourth-order valence-electron chi connectivity index (χ4n) is 0.233. The smallest absolute Gasteiger partial charge is 0.717 e. The summed E-state index contributed by atoms with van der Waals surface area (Å²) in [4.78, 5) is 7.55. The summed E-state index contributed by atoms with van der Waals surface area (Å²) in [6, 6.07) is 0. The van der Waals surface area contributed by atoms with E-state index in [1.165, 1.54) is 0 Å². The van der Waals surface area contributed by atoms with E-state index >= 15 is 0 Å². The molecular weight excluding hydrogens is 301 g/mol. The van der Waals surface area contributed by atoms with E-state index in [1.807, 2.05) is 0 Å². The second kappa shape index (κ2) is 13.5. The van der Waals surface area contributed by atoms with Crippen LogP contribution < -0.4 is 170 Å². The second-order valence-corrected chi connectivity index (χ2v) is 1.42. The van der Waals surface area contributed by atoms with Crippen molar-refractivity contribution in [1.82, 2.24) is 0 Å². The standard InChI is InChI=1S/C2H6O10.3K/c3-1(4,10-6)9-2(5,11-7)12-8;;;/h3-8H;;;/q;3*+1/p-3. The predicted octanol–water partition coefficient (Wildman–Crippen LogP) is -14.9. The maximum absolute atomic E-state index is 9.40. The molecule has 0 bridgehead atoms. The molecule has 0 rings (SSSR count). The summed E-state index contributed by atoms with van der Waals surface area (Å²) < 4.78 is 3.14. The van der Waals surface area contributed by atoms with Crippen LogP contribution in [0.5, 0.6) is 0 Å². The van der Waals surface area contributed by atoms with E-state index in [0.717, 1.165) is 0 Å². The molecule has 0 saturated heterocycles. The molecule has 0 unspecified atom stereocenters. The molecule has 0 heterocycles. The summed E-state index contributed by atoms with van der Waals surface area (Å²) in [5, 5.41) is 52.6. The van der Waals surface area contributed by atoms with Gasteiger partial charge >= 0.3 is 166 Å². The van der Waals surface area contributed by atoms with Gasteiger partial charge in [0.25, 0.3) is 0 Å². The van der Waals surface area contributed by atoms with Crippen LogP contribution >= 0.6 is 0 Å². The van der Waals surface area contributed by atoms with Crippen LogP contribution in [-0.2, 0) is 19.4 Å². The molecule has 0 aromatic heterocycles. The zero-order chi connectivity index (χ0) is 9.83. The molecule has 13 heteroatoms. The first-order valence-corrected chi connectivity index (χ1v) is 2.19. The molecule has 74 valence electrons. The Balaban J connectivity index is -0.000000202. The Morgan fingerprint density at radius 2 is 1.07 bits per heavy atom. The maximum Gasteiger partial charge on any atom is 1.00 e. The van der Waals surface area contributed by atoms with Gasteiger partial charge in [-0.25, -0.2) is 4.74 Å². The molecule has 3 N–H and O–H groups in total. The van der Waals surface area contributed by atoms with Crippen molar-refractivity contribution in [1.29, 1.82) is 0 Å². The number of rotatable bonds is 5. The second-order valence-electron chi connectivity index (χ2n) is 1.42. The molecule has 0 fully saturated rings. The third-order valence-corrected chi connectivity index (χ3v) is 0.581. The Kier molecular flexibility index (Phi) is 25.0. The molecule has 0 atom stereocenters. The van der Waals surface area contributed by atoms with Crippen molar-refractivity contribution in [3.8, 4) is 0 Å². The number of ether oxygens (including phenoxy) is 1. The average molecular weight is 304 g/mol. The van der Waals surface area contributed by atoms with Gasteiger partial charge < -0.3 is 45.8 Å². The van der Waals surface area contributed by atoms with Gasteiger partial charge in [0.05, 0.1) is 0 Å². The van der Waals surface area contributed by atoms with Crippen LogP contribution in [-0.4, -0.2) is 27.6 Å². The van der Waals surface area contributed by atoms with Gasteiger partial charge in [0.1, 0.15) is 0 Å². The van der Waals surface area contributed by atoms with Gasteiger partial charge in [0.15, 0.2) is 0 Å². The Morgan fingerprint density at radius 3 is 1.27 bits per heavy atom. The Labute approximate surface area is 211 Å². The molecule has 0 aliphatic heterocycles. The van der Waals surface area contributed by atoms with Crippen LogP contribution in [0.4, 0.5) is 0 Å². The van der Waals surface area contributed by atoms with Gasteiger partial charge in [-0.05, 0) is 0 Å². The minimum Gasteiger partial charge on any atom is -0.717 e. The topological polar surface area (TPSA) is 167 Å². The average Bonchev–Trinajstić information content (AvgIpc) is 2.04. The molecule has 0 saturated carbocycles. The molecule has 0 aromatic carbocycles. The summed E-state index contributed by atoms with van der Waals surface area (Å²) >= 11 is 0. The van der Waals surface area contributed by atoms with Crippen molar-refractivity contribution < 1.29 is 205 Å². The molecule has 0 spiro atoms.